The first-order valence-electron chi connectivity index (χ1n) is 5.09. The van der Waals surface area contributed by atoms with Crippen molar-refractivity contribution in [2.24, 2.45) is 5.73 Å². The number of amides is 1. The Morgan fingerprint density at radius 1 is 1.59 bits per heavy atom. The van der Waals surface area contributed by atoms with E-state index >= 15 is 0 Å². The SMILES string of the molecule is CCCc1nsc(-n2cc(N)c(C(N)=O)n2)n1. The quantitative estimate of drug-likeness (QED) is 0.815. The summed E-state index contributed by atoms with van der Waals surface area (Å²) in [6.07, 6.45) is 3.30. The van der Waals surface area contributed by atoms with Crippen LogP contribution in [-0.2, 0) is 6.42 Å². The van der Waals surface area contributed by atoms with Crippen molar-refractivity contribution in [2.45, 2.75) is 19.8 Å². The monoisotopic (exact) mass is 252 g/mol. The van der Waals surface area contributed by atoms with Gasteiger partial charge < -0.3 is 11.5 Å². The molecule has 0 aromatic carbocycles. The highest BCUT2D eigenvalue weighted by Crippen LogP contribution is 2.15. The van der Waals surface area contributed by atoms with Crippen LogP contribution >= 0.6 is 11.5 Å². The number of nitrogens with zero attached hydrogens (tertiary/aromatic N) is 4. The molecule has 2 heterocycles. The van der Waals surface area contributed by atoms with Crippen molar-refractivity contribution in [1.29, 1.82) is 0 Å². The van der Waals surface area contributed by atoms with Crippen LogP contribution in [0.15, 0.2) is 6.20 Å². The normalized spacial score (nSPS) is 10.6. The Hall–Kier alpha value is -1.96. The van der Waals surface area contributed by atoms with Gasteiger partial charge in [0, 0.05) is 18.0 Å². The summed E-state index contributed by atoms with van der Waals surface area (Å²) >= 11 is 1.21. The van der Waals surface area contributed by atoms with Crippen LogP contribution in [-0.4, -0.2) is 25.0 Å². The molecule has 0 atom stereocenters. The average molecular weight is 252 g/mol. The summed E-state index contributed by atoms with van der Waals surface area (Å²) in [6.45, 7) is 2.05. The molecule has 2 aromatic heterocycles. The zero-order valence-corrected chi connectivity index (χ0v) is 10.1. The zero-order valence-electron chi connectivity index (χ0n) is 9.25. The second kappa shape index (κ2) is 4.50. The molecule has 0 fully saturated rings. The fraction of sp³-hybridized carbons (Fsp3) is 0.333. The lowest BCUT2D eigenvalue weighted by molar-refractivity contribution is 0.0996. The number of hydrogen-bond acceptors (Lipinski definition) is 6. The highest BCUT2D eigenvalue weighted by atomic mass is 32.1. The van der Waals surface area contributed by atoms with E-state index in [0.717, 1.165) is 18.7 Å². The molecular weight excluding hydrogens is 240 g/mol. The minimum absolute atomic E-state index is 0.0530. The van der Waals surface area contributed by atoms with Crippen LogP contribution < -0.4 is 11.5 Å². The minimum atomic E-state index is -0.653. The van der Waals surface area contributed by atoms with E-state index in [9.17, 15) is 4.79 Å². The topological polar surface area (TPSA) is 113 Å². The van der Waals surface area contributed by atoms with Crippen LogP contribution in [0.4, 0.5) is 5.69 Å². The van der Waals surface area contributed by atoms with Crippen LogP contribution in [0.1, 0.15) is 29.7 Å². The van der Waals surface area contributed by atoms with Crippen molar-refractivity contribution in [2.75, 3.05) is 5.73 Å². The van der Waals surface area contributed by atoms with Crippen molar-refractivity contribution in [3.05, 3.63) is 17.7 Å². The first kappa shape index (κ1) is 11.5. The van der Waals surface area contributed by atoms with Crippen molar-refractivity contribution in [3.63, 3.8) is 0 Å². The smallest absolute Gasteiger partial charge is 0.271 e. The van der Waals surface area contributed by atoms with Gasteiger partial charge in [-0.2, -0.15) is 9.47 Å². The number of hydrogen-bond donors (Lipinski definition) is 2. The average Bonchev–Trinajstić information content (AvgIpc) is 2.85. The Morgan fingerprint density at radius 3 is 2.94 bits per heavy atom. The first-order chi connectivity index (χ1) is 8.11. The Morgan fingerprint density at radius 2 is 2.35 bits per heavy atom. The number of primary amides is 1. The number of aromatic nitrogens is 4. The first-order valence-corrected chi connectivity index (χ1v) is 5.87. The van der Waals surface area contributed by atoms with Gasteiger partial charge in [-0.15, -0.1) is 0 Å². The van der Waals surface area contributed by atoms with E-state index in [1.54, 1.807) is 0 Å². The molecule has 0 aliphatic carbocycles. The van der Waals surface area contributed by atoms with Crippen molar-refractivity contribution >= 4 is 23.1 Å². The lowest BCUT2D eigenvalue weighted by atomic mass is 10.3. The van der Waals surface area contributed by atoms with Gasteiger partial charge in [0.05, 0.1) is 11.9 Å². The molecule has 90 valence electrons. The molecule has 1 amide bonds. The molecule has 0 aliphatic heterocycles. The van der Waals surface area contributed by atoms with Crippen LogP contribution in [0, 0.1) is 0 Å². The largest absolute Gasteiger partial charge is 0.396 e. The van der Waals surface area contributed by atoms with Gasteiger partial charge in [-0.25, -0.2) is 9.67 Å². The number of nitrogens with two attached hydrogens (primary N) is 2. The van der Waals surface area contributed by atoms with Gasteiger partial charge >= 0.3 is 0 Å². The molecule has 2 aromatic rings. The molecule has 0 bridgehead atoms. The molecule has 0 spiro atoms. The Bertz CT molecular complexity index is 545. The third-order valence-corrected chi connectivity index (χ3v) is 2.85. The van der Waals surface area contributed by atoms with Gasteiger partial charge in [-0.1, -0.05) is 6.92 Å². The van der Waals surface area contributed by atoms with E-state index in [1.165, 1.54) is 22.4 Å². The van der Waals surface area contributed by atoms with Crippen molar-refractivity contribution < 1.29 is 4.79 Å². The summed E-state index contributed by atoms with van der Waals surface area (Å²) in [5, 5.41) is 4.55. The van der Waals surface area contributed by atoms with Gasteiger partial charge in [-0.3, -0.25) is 4.79 Å². The van der Waals surface area contributed by atoms with E-state index in [-0.39, 0.29) is 11.4 Å². The number of anilines is 1. The zero-order chi connectivity index (χ0) is 12.4. The summed E-state index contributed by atoms with van der Waals surface area (Å²) in [6, 6.07) is 0. The van der Waals surface area contributed by atoms with Crippen molar-refractivity contribution in [3.8, 4) is 5.13 Å². The summed E-state index contributed by atoms with van der Waals surface area (Å²) in [4.78, 5) is 15.3. The fourth-order valence-electron chi connectivity index (χ4n) is 1.34. The number of aryl methyl sites for hydroxylation is 1. The Balaban J connectivity index is 2.32. The maximum atomic E-state index is 11.0. The van der Waals surface area contributed by atoms with Crippen LogP contribution in [0.3, 0.4) is 0 Å². The van der Waals surface area contributed by atoms with Crippen LogP contribution in [0.5, 0.6) is 0 Å². The van der Waals surface area contributed by atoms with Crippen LogP contribution in [0.2, 0.25) is 0 Å². The third kappa shape index (κ3) is 2.26. The summed E-state index contributed by atoms with van der Waals surface area (Å²) < 4.78 is 5.60. The maximum Gasteiger partial charge on any atom is 0.271 e. The molecule has 0 radical (unpaired) electrons. The fourth-order valence-corrected chi connectivity index (χ4v) is 1.98. The molecule has 4 N–H and O–H groups in total. The number of rotatable bonds is 4. The number of nitrogen functional groups attached to an aromatic ring is 1. The van der Waals surface area contributed by atoms with Gasteiger partial charge in [0.25, 0.3) is 5.91 Å². The minimum Gasteiger partial charge on any atom is -0.396 e. The summed E-state index contributed by atoms with van der Waals surface area (Å²) in [5.41, 5.74) is 11.0. The predicted octanol–water partition coefficient (Wildman–Crippen LogP) is 0.357. The molecular formula is C9H12N6OS. The molecule has 0 saturated heterocycles. The molecule has 8 heteroatoms. The molecule has 17 heavy (non-hydrogen) atoms. The molecule has 2 rings (SSSR count). The van der Waals surface area contributed by atoms with Gasteiger partial charge in [0.1, 0.15) is 5.82 Å². The van der Waals surface area contributed by atoms with Gasteiger partial charge in [0.15, 0.2) is 5.69 Å². The van der Waals surface area contributed by atoms with E-state index in [0.29, 0.717) is 5.13 Å². The molecule has 0 aliphatic rings. The van der Waals surface area contributed by atoms with E-state index in [2.05, 4.69) is 21.4 Å². The highest BCUT2D eigenvalue weighted by molar-refractivity contribution is 7.08. The number of carbonyl (C=O) groups excluding carboxylic acids is 1. The summed E-state index contributed by atoms with van der Waals surface area (Å²) in [5.74, 6) is 0.113. The molecule has 0 saturated carbocycles. The van der Waals surface area contributed by atoms with Gasteiger partial charge in [-0.05, 0) is 6.42 Å². The third-order valence-electron chi connectivity index (χ3n) is 2.10. The van der Waals surface area contributed by atoms with E-state index < -0.39 is 5.91 Å². The maximum absolute atomic E-state index is 11.0. The lowest BCUT2D eigenvalue weighted by Gasteiger charge is -1.91. The van der Waals surface area contributed by atoms with E-state index in [1.807, 2.05) is 0 Å². The molecule has 7 nitrogen and oxygen atoms in total. The standard InChI is InChI=1S/C9H12N6OS/c1-2-3-6-12-9(17-14-6)15-4-5(10)7(13-15)8(11)16/h4H,2-3,10H2,1H3,(H2,11,16). The van der Waals surface area contributed by atoms with Crippen LogP contribution in [0.25, 0.3) is 5.13 Å². The molecule has 0 unspecified atom stereocenters. The second-order valence-electron chi connectivity index (χ2n) is 3.49. The Kier molecular flexibility index (Phi) is 3.05. The van der Waals surface area contributed by atoms with Crippen molar-refractivity contribution in [1.82, 2.24) is 19.1 Å². The summed E-state index contributed by atoms with van der Waals surface area (Å²) in [7, 11) is 0. The van der Waals surface area contributed by atoms with E-state index in [4.69, 9.17) is 11.5 Å². The number of carbonyl (C=O) groups is 1. The Labute approximate surface area is 102 Å². The highest BCUT2D eigenvalue weighted by Gasteiger charge is 2.14. The second-order valence-corrected chi connectivity index (χ2v) is 4.22. The van der Waals surface area contributed by atoms with Gasteiger partial charge in [0.2, 0.25) is 5.13 Å². The lowest BCUT2D eigenvalue weighted by Crippen LogP contribution is -2.13. The predicted molar refractivity (Wildman–Crippen MR) is 64.0 cm³/mol.